The lowest BCUT2D eigenvalue weighted by atomic mass is 9.72. The summed E-state index contributed by atoms with van der Waals surface area (Å²) in [4.78, 5) is 26.3. The second-order valence-corrected chi connectivity index (χ2v) is 6.85. The molecule has 2 N–H and O–H groups in total. The van der Waals surface area contributed by atoms with Gasteiger partial charge in [0, 0.05) is 25.8 Å². The molecule has 1 aliphatic heterocycles. The molecule has 2 heterocycles. The molecule has 7 nitrogen and oxygen atoms in total. The van der Waals surface area contributed by atoms with Crippen molar-refractivity contribution in [1.82, 2.24) is 14.7 Å². The van der Waals surface area contributed by atoms with Gasteiger partial charge < -0.3 is 15.1 Å². The summed E-state index contributed by atoms with van der Waals surface area (Å²) in [6.07, 6.45) is 0.719. The van der Waals surface area contributed by atoms with Gasteiger partial charge in [0.2, 0.25) is 0 Å². The number of carbonyl (C=O) groups excluding carboxylic acids is 1. The largest absolute Gasteiger partial charge is 0.481 e. The van der Waals surface area contributed by atoms with Crippen LogP contribution in [0.2, 0.25) is 0 Å². The zero-order valence-electron chi connectivity index (χ0n) is 15.0. The number of hydrogen-bond donors (Lipinski definition) is 2. The van der Waals surface area contributed by atoms with Crippen LogP contribution >= 0.6 is 0 Å². The summed E-state index contributed by atoms with van der Waals surface area (Å²) in [6.45, 7) is 2.63. The van der Waals surface area contributed by atoms with Crippen LogP contribution in [0.25, 0.3) is 0 Å². The molecule has 2 atom stereocenters. The third-order valence-corrected chi connectivity index (χ3v) is 5.11. The molecule has 1 aliphatic rings. The Hall–Kier alpha value is -2.74. The van der Waals surface area contributed by atoms with Crippen molar-refractivity contribution in [2.24, 2.45) is 5.41 Å². The van der Waals surface area contributed by atoms with Crippen LogP contribution in [0.3, 0.4) is 0 Å². The van der Waals surface area contributed by atoms with E-state index >= 15 is 0 Å². The molecule has 0 radical (unpaired) electrons. The SMILES string of the molecule is CCn1ccc(C(=O)N2CC[C@@H](O)[C@](Cc3ccc(F)cc3)(C(=O)O)C2)n1. The van der Waals surface area contributed by atoms with E-state index in [1.54, 1.807) is 16.9 Å². The van der Waals surface area contributed by atoms with Crippen LogP contribution in [-0.2, 0) is 17.8 Å². The van der Waals surface area contributed by atoms with Crippen molar-refractivity contribution in [1.29, 1.82) is 0 Å². The van der Waals surface area contributed by atoms with Gasteiger partial charge in [0.25, 0.3) is 5.91 Å². The van der Waals surface area contributed by atoms with Crippen molar-refractivity contribution in [3.8, 4) is 0 Å². The van der Waals surface area contributed by atoms with E-state index in [-0.39, 0.29) is 37.5 Å². The Morgan fingerprint density at radius 3 is 2.59 bits per heavy atom. The van der Waals surface area contributed by atoms with Gasteiger partial charge in [0.1, 0.15) is 16.9 Å². The number of aliphatic hydroxyl groups excluding tert-OH is 1. The molecule has 27 heavy (non-hydrogen) atoms. The predicted molar refractivity (Wildman–Crippen MR) is 94.6 cm³/mol. The van der Waals surface area contributed by atoms with Crippen molar-refractivity contribution in [2.45, 2.75) is 32.4 Å². The van der Waals surface area contributed by atoms with Crippen LogP contribution in [0.1, 0.15) is 29.4 Å². The van der Waals surface area contributed by atoms with Crippen LogP contribution in [0.5, 0.6) is 0 Å². The average Bonchev–Trinajstić information content (AvgIpc) is 3.14. The summed E-state index contributed by atoms with van der Waals surface area (Å²) in [5, 5.41) is 24.6. The van der Waals surface area contributed by atoms with Crippen LogP contribution in [-0.4, -0.2) is 56.0 Å². The molecule has 1 aromatic carbocycles. The van der Waals surface area contributed by atoms with Gasteiger partial charge in [-0.1, -0.05) is 12.1 Å². The van der Waals surface area contributed by atoms with Crippen LogP contribution in [0, 0.1) is 11.2 Å². The zero-order chi connectivity index (χ0) is 19.6. The number of aryl methyl sites for hydroxylation is 1. The number of amides is 1. The van der Waals surface area contributed by atoms with Gasteiger partial charge in [-0.3, -0.25) is 14.3 Å². The van der Waals surface area contributed by atoms with Gasteiger partial charge >= 0.3 is 5.97 Å². The van der Waals surface area contributed by atoms with E-state index < -0.39 is 23.3 Å². The number of nitrogens with zero attached hydrogens (tertiary/aromatic N) is 3. The van der Waals surface area contributed by atoms with Crippen molar-refractivity contribution in [2.75, 3.05) is 13.1 Å². The van der Waals surface area contributed by atoms with Crippen molar-refractivity contribution in [3.63, 3.8) is 0 Å². The number of aromatic nitrogens is 2. The van der Waals surface area contributed by atoms with E-state index in [1.165, 1.54) is 29.2 Å². The molecule has 3 rings (SSSR count). The summed E-state index contributed by atoms with van der Waals surface area (Å²) in [5.41, 5.74) is -0.726. The maximum absolute atomic E-state index is 13.2. The van der Waals surface area contributed by atoms with Gasteiger partial charge in [-0.05, 0) is 43.5 Å². The standard InChI is InChI=1S/C19H22FN3O4/c1-2-23-10-7-15(21-23)17(25)22-9-8-16(24)19(12-22,18(26)27)11-13-3-5-14(20)6-4-13/h3-7,10,16,24H,2,8-9,11-12H2,1H3,(H,26,27)/t16-,19-/m1/s1. The quantitative estimate of drug-likeness (QED) is 0.827. The Bertz CT molecular complexity index is 836. The number of carboxylic acids is 1. The summed E-state index contributed by atoms with van der Waals surface area (Å²) in [6, 6.07) is 7.09. The van der Waals surface area contributed by atoms with Crippen LogP contribution in [0.4, 0.5) is 4.39 Å². The van der Waals surface area contributed by atoms with Crippen LogP contribution in [0.15, 0.2) is 36.5 Å². The first kappa shape index (κ1) is 19.0. The molecule has 1 amide bonds. The molecular weight excluding hydrogens is 353 g/mol. The molecule has 1 fully saturated rings. The maximum Gasteiger partial charge on any atom is 0.314 e. The predicted octanol–water partition coefficient (Wildman–Crippen LogP) is 1.56. The minimum atomic E-state index is -1.56. The lowest BCUT2D eigenvalue weighted by molar-refractivity contribution is -0.161. The second kappa shape index (κ2) is 7.48. The topological polar surface area (TPSA) is 95.7 Å². The van der Waals surface area contributed by atoms with Crippen molar-refractivity contribution >= 4 is 11.9 Å². The van der Waals surface area contributed by atoms with E-state index in [1.807, 2.05) is 6.92 Å². The molecule has 0 saturated carbocycles. The van der Waals surface area contributed by atoms with Gasteiger partial charge in [-0.25, -0.2) is 4.39 Å². The Labute approximate surface area is 156 Å². The Kier molecular flexibility index (Phi) is 5.27. The van der Waals surface area contributed by atoms with Gasteiger partial charge in [-0.15, -0.1) is 0 Å². The highest BCUT2D eigenvalue weighted by Crippen LogP contribution is 2.35. The fraction of sp³-hybridized carbons (Fsp3) is 0.421. The number of piperidine rings is 1. The lowest BCUT2D eigenvalue weighted by Crippen LogP contribution is -2.58. The average molecular weight is 375 g/mol. The molecule has 8 heteroatoms. The number of likely N-dealkylation sites (tertiary alicyclic amines) is 1. The van der Waals surface area contributed by atoms with E-state index in [0.29, 0.717) is 12.1 Å². The number of aliphatic carboxylic acids is 1. The molecule has 1 saturated heterocycles. The third-order valence-electron chi connectivity index (χ3n) is 5.11. The molecule has 2 aromatic rings. The summed E-state index contributed by atoms with van der Waals surface area (Å²) in [5.74, 6) is -1.97. The first-order valence-electron chi connectivity index (χ1n) is 8.84. The minimum absolute atomic E-state index is 0.00302. The zero-order valence-corrected chi connectivity index (χ0v) is 15.0. The Balaban J connectivity index is 1.87. The van der Waals surface area contributed by atoms with Crippen LogP contribution < -0.4 is 0 Å². The molecular formula is C19H22FN3O4. The second-order valence-electron chi connectivity index (χ2n) is 6.85. The first-order chi connectivity index (χ1) is 12.9. The summed E-state index contributed by atoms with van der Waals surface area (Å²) >= 11 is 0. The molecule has 1 aromatic heterocycles. The summed E-state index contributed by atoms with van der Waals surface area (Å²) < 4.78 is 14.8. The Morgan fingerprint density at radius 1 is 1.30 bits per heavy atom. The lowest BCUT2D eigenvalue weighted by Gasteiger charge is -2.43. The molecule has 0 bridgehead atoms. The first-order valence-corrected chi connectivity index (χ1v) is 8.84. The third kappa shape index (κ3) is 3.71. The number of rotatable bonds is 5. The highest BCUT2D eigenvalue weighted by molar-refractivity contribution is 5.93. The van der Waals surface area contributed by atoms with E-state index in [0.717, 1.165) is 0 Å². The minimum Gasteiger partial charge on any atom is -0.481 e. The number of carbonyl (C=O) groups is 2. The van der Waals surface area contributed by atoms with Gasteiger partial charge in [0.05, 0.1) is 6.10 Å². The monoisotopic (exact) mass is 375 g/mol. The van der Waals surface area contributed by atoms with Gasteiger partial charge in [-0.2, -0.15) is 5.10 Å². The number of benzene rings is 1. The highest BCUT2D eigenvalue weighted by Gasteiger charge is 2.50. The molecule has 0 spiro atoms. The number of halogens is 1. The fourth-order valence-corrected chi connectivity index (χ4v) is 3.49. The molecule has 0 unspecified atom stereocenters. The normalized spacial score (nSPS) is 22.6. The molecule has 144 valence electrons. The van der Waals surface area contributed by atoms with E-state index in [4.69, 9.17) is 0 Å². The van der Waals surface area contributed by atoms with Crippen molar-refractivity contribution in [3.05, 3.63) is 53.6 Å². The smallest absolute Gasteiger partial charge is 0.314 e. The van der Waals surface area contributed by atoms with E-state index in [9.17, 15) is 24.2 Å². The van der Waals surface area contributed by atoms with E-state index in [2.05, 4.69) is 5.10 Å². The Morgan fingerprint density at radius 2 is 2.00 bits per heavy atom. The number of carboxylic acid groups (broad SMARTS) is 1. The maximum atomic E-state index is 13.2. The number of aliphatic hydroxyl groups is 1. The fourth-order valence-electron chi connectivity index (χ4n) is 3.49. The van der Waals surface area contributed by atoms with Gasteiger partial charge in [0.15, 0.2) is 0 Å². The summed E-state index contributed by atoms with van der Waals surface area (Å²) in [7, 11) is 0. The number of hydrogen-bond acceptors (Lipinski definition) is 4. The highest BCUT2D eigenvalue weighted by atomic mass is 19.1. The van der Waals surface area contributed by atoms with Crippen molar-refractivity contribution < 1.29 is 24.2 Å². The molecule has 0 aliphatic carbocycles.